The highest BCUT2D eigenvalue weighted by molar-refractivity contribution is 7.80. The summed E-state index contributed by atoms with van der Waals surface area (Å²) in [5, 5.41) is 7.62. The predicted molar refractivity (Wildman–Crippen MR) is 91.2 cm³/mol. The van der Waals surface area contributed by atoms with Gasteiger partial charge in [0.05, 0.1) is 0 Å². The summed E-state index contributed by atoms with van der Waals surface area (Å²) in [6.45, 7) is 8.94. The van der Waals surface area contributed by atoms with Gasteiger partial charge in [-0.2, -0.15) is 0 Å². The molecule has 110 valence electrons. The first-order valence-electron chi connectivity index (χ1n) is 7.62. The van der Waals surface area contributed by atoms with Crippen molar-refractivity contribution in [3.8, 4) is 0 Å². The smallest absolute Gasteiger partial charge is 0.171 e. The second kappa shape index (κ2) is 6.57. The Balaban J connectivity index is 1.97. The van der Waals surface area contributed by atoms with Crippen molar-refractivity contribution in [2.45, 2.75) is 53.0 Å². The molecule has 0 bridgehead atoms. The molecular formula is C17H26N2S. The van der Waals surface area contributed by atoms with Crippen molar-refractivity contribution in [3.05, 3.63) is 29.3 Å². The third-order valence-electron chi connectivity index (χ3n) is 4.88. The molecule has 0 aromatic heterocycles. The van der Waals surface area contributed by atoms with Crippen LogP contribution in [0.25, 0.3) is 0 Å². The van der Waals surface area contributed by atoms with Crippen molar-refractivity contribution < 1.29 is 0 Å². The average Bonchev–Trinajstić information content (AvgIpc) is 2.40. The molecule has 1 saturated carbocycles. The van der Waals surface area contributed by atoms with Crippen molar-refractivity contribution in [1.29, 1.82) is 0 Å². The number of thiocarbonyl (C=S) groups is 1. The Morgan fingerprint density at radius 2 is 1.95 bits per heavy atom. The Morgan fingerprint density at radius 1 is 1.20 bits per heavy atom. The van der Waals surface area contributed by atoms with Gasteiger partial charge in [-0.3, -0.25) is 0 Å². The monoisotopic (exact) mass is 290 g/mol. The molecule has 0 radical (unpaired) electrons. The summed E-state index contributed by atoms with van der Waals surface area (Å²) in [4.78, 5) is 0. The van der Waals surface area contributed by atoms with E-state index in [1.54, 1.807) is 0 Å². The van der Waals surface area contributed by atoms with E-state index in [1.165, 1.54) is 30.4 Å². The van der Waals surface area contributed by atoms with Gasteiger partial charge in [-0.25, -0.2) is 0 Å². The molecule has 1 aromatic rings. The molecule has 0 spiro atoms. The highest BCUT2D eigenvalue weighted by Gasteiger charge is 2.27. The molecule has 0 saturated heterocycles. The van der Waals surface area contributed by atoms with Crippen LogP contribution in [-0.4, -0.2) is 11.2 Å². The summed E-state index contributed by atoms with van der Waals surface area (Å²) in [6.07, 6.45) is 3.87. The lowest BCUT2D eigenvalue weighted by Gasteiger charge is -2.35. The van der Waals surface area contributed by atoms with Crippen LogP contribution in [0.15, 0.2) is 18.2 Å². The standard InChI is InChI=1S/C17H26N2S/c1-11-7-5-9-15(13(11)3)18-17(20)19-16-10-6-8-12(2)14(16)4/h5,7,9,12,14,16H,6,8,10H2,1-4H3,(H2,18,19,20)/t12-,14+,16+/m1/s1. The van der Waals surface area contributed by atoms with Gasteiger partial charge in [-0.15, -0.1) is 0 Å². The Kier molecular flexibility index (Phi) is 5.03. The number of rotatable bonds is 2. The summed E-state index contributed by atoms with van der Waals surface area (Å²) >= 11 is 5.49. The van der Waals surface area contributed by atoms with Crippen LogP contribution >= 0.6 is 12.2 Å². The van der Waals surface area contributed by atoms with Gasteiger partial charge in [-0.1, -0.05) is 38.8 Å². The van der Waals surface area contributed by atoms with Crippen molar-refractivity contribution in [1.82, 2.24) is 5.32 Å². The lowest BCUT2D eigenvalue weighted by atomic mass is 9.78. The number of nitrogens with one attached hydrogen (secondary N) is 2. The van der Waals surface area contributed by atoms with Crippen molar-refractivity contribution >= 4 is 23.0 Å². The van der Waals surface area contributed by atoms with Crippen LogP contribution in [0.5, 0.6) is 0 Å². The minimum absolute atomic E-state index is 0.504. The fourth-order valence-corrected chi connectivity index (χ4v) is 3.26. The molecule has 0 unspecified atom stereocenters. The molecule has 1 aliphatic carbocycles. The molecule has 0 amide bonds. The van der Waals surface area contributed by atoms with Crippen LogP contribution in [0.4, 0.5) is 5.69 Å². The molecule has 2 nitrogen and oxygen atoms in total. The van der Waals surface area contributed by atoms with E-state index < -0.39 is 0 Å². The Hall–Kier alpha value is -1.09. The van der Waals surface area contributed by atoms with Gasteiger partial charge in [0.15, 0.2) is 5.11 Å². The maximum absolute atomic E-state index is 5.49. The number of aryl methyl sites for hydroxylation is 1. The van der Waals surface area contributed by atoms with Crippen LogP contribution in [0.2, 0.25) is 0 Å². The van der Waals surface area contributed by atoms with E-state index in [-0.39, 0.29) is 0 Å². The highest BCUT2D eigenvalue weighted by Crippen LogP contribution is 2.29. The molecule has 3 atom stereocenters. The van der Waals surface area contributed by atoms with Crippen LogP contribution in [0, 0.1) is 25.7 Å². The van der Waals surface area contributed by atoms with Crippen LogP contribution < -0.4 is 10.6 Å². The summed E-state index contributed by atoms with van der Waals surface area (Å²) in [5.41, 5.74) is 3.66. The van der Waals surface area contributed by atoms with E-state index in [0.29, 0.717) is 12.0 Å². The summed E-state index contributed by atoms with van der Waals surface area (Å²) in [7, 11) is 0. The second-order valence-electron chi connectivity index (χ2n) is 6.22. The van der Waals surface area contributed by atoms with Gasteiger partial charge in [0, 0.05) is 11.7 Å². The average molecular weight is 290 g/mol. The Bertz CT molecular complexity index is 484. The minimum atomic E-state index is 0.504. The zero-order valence-electron chi connectivity index (χ0n) is 13.0. The molecule has 3 heteroatoms. The normalized spacial score (nSPS) is 26.1. The van der Waals surface area contributed by atoms with Crippen molar-refractivity contribution in [3.63, 3.8) is 0 Å². The number of anilines is 1. The third kappa shape index (κ3) is 3.51. The molecule has 1 aromatic carbocycles. The van der Waals surface area contributed by atoms with Gasteiger partial charge >= 0.3 is 0 Å². The van der Waals surface area contributed by atoms with Gasteiger partial charge in [0.1, 0.15) is 0 Å². The van der Waals surface area contributed by atoms with Gasteiger partial charge in [0.2, 0.25) is 0 Å². The molecule has 1 fully saturated rings. The molecular weight excluding hydrogens is 264 g/mol. The van der Waals surface area contributed by atoms with Crippen LogP contribution in [-0.2, 0) is 0 Å². The summed E-state index contributed by atoms with van der Waals surface area (Å²) in [5.74, 6) is 1.46. The molecule has 0 heterocycles. The van der Waals surface area contributed by atoms with E-state index in [2.05, 4.69) is 56.5 Å². The number of hydrogen-bond donors (Lipinski definition) is 2. The van der Waals surface area contributed by atoms with E-state index in [1.807, 2.05) is 0 Å². The topological polar surface area (TPSA) is 24.1 Å². The zero-order chi connectivity index (χ0) is 14.7. The second-order valence-corrected chi connectivity index (χ2v) is 6.63. The molecule has 20 heavy (non-hydrogen) atoms. The van der Waals surface area contributed by atoms with Gasteiger partial charge < -0.3 is 10.6 Å². The molecule has 1 aliphatic rings. The largest absolute Gasteiger partial charge is 0.359 e. The maximum atomic E-state index is 5.49. The third-order valence-corrected chi connectivity index (χ3v) is 5.10. The quantitative estimate of drug-likeness (QED) is 0.789. The zero-order valence-corrected chi connectivity index (χ0v) is 13.8. The first-order valence-corrected chi connectivity index (χ1v) is 8.03. The van der Waals surface area contributed by atoms with Crippen molar-refractivity contribution in [2.24, 2.45) is 11.8 Å². The van der Waals surface area contributed by atoms with Crippen LogP contribution in [0.3, 0.4) is 0 Å². The first-order chi connectivity index (χ1) is 9.49. The van der Waals surface area contributed by atoms with E-state index in [0.717, 1.165) is 16.7 Å². The summed E-state index contributed by atoms with van der Waals surface area (Å²) < 4.78 is 0. The fourth-order valence-electron chi connectivity index (χ4n) is 3.00. The van der Waals surface area contributed by atoms with Gasteiger partial charge in [-0.05, 0) is 61.5 Å². The fraction of sp³-hybridized carbons (Fsp3) is 0.588. The Labute approximate surface area is 128 Å². The van der Waals surface area contributed by atoms with Crippen molar-refractivity contribution in [2.75, 3.05) is 5.32 Å². The molecule has 2 rings (SSSR count). The number of benzene rings is 1. The predicted octanol–water partition coefficient (Wildman–Crippen LogP) is 4.41. The minimum Gasteiger partial charge on any atom is -0.359 e. The highest BCUT2D eigenvalue weighted by atomic mass is 32.1. The lowest BCUT2D eigenvalue weighted by molar-refractivity contribution is 0.225. The summed E-state index contributed by atoms with van der Waals surface area (Å²) in [6, 6.07) is 6.79. The molecule has 2 N–H and O–H groups in total. The first kappa shape index (κ1) is 15.3. The van der Waals surface area contributed by atoms with E-state index in [4.69, 9.17) is 12.2 Å². The van der Waals surface area contributed by atoms with E-state index in [9.17, 15) is 0 Å². The van der Waals surface area contributed by atoms with E-state index >= 15 is 0 Å². The SMILES string of the molecule is Cc1cccc(NC(=S)N[C@H]2CCC[C@@H](C)[C@@H]2C)c1C. The number of hydrogen-bond acceptors (Lipinski definition) is 1. The Morgan fingerprint density at radius 3 is 2.70 bits per heavy atom. The molecule has 0 aliphatic heterocycles. The lowest BCUT2D eigenvalue weighted by Crippen LogP contribution is -2.45. The van der Waals surface area contributed by atoms with Crippen LogP contribution in [0.1, 0.15) is 44.2 Å². The maximum Gasteiger partial charge on any atom is 0.171 e. The van der Waals surface area contributed by atoms with Gasteiger partial charge in [0.25, 0.3) is 0 Å².